The molecule has 0 aliphatic carbocycles. The van der Waals surface area contributed by atoms with Crippen LogP contribution >= 0.6 is 11.8 Å². The summed E-state index contributed by atoms with van der Waals surface area (Å²) in [6, 6.07) is 0.699. The second-order valence-electron chi connectivity index (χ2n) is 3.03. The van der Waals surface area contributed by atoms with Crippen LogP contribution in [0.2, 0.25) is 0 Å². The maximum Gasteiger partial charge on any atom is 0.0170 e. The van der Waals surface area contributed by atoms with Crippen molar-refractivity contribution in [3.63, 3.8) is 0 Å². The Labute approximate surface area is 68.0 Å². The number of thioether (sulfide) groups is 1. The Kier molecular flexibility index (Phi) is 3.57. The van der Waals surface area contributed by atoms with Crippen molar-refractivity contribution in [3.05, 3.63) is 0 Å². The molecule has 1 aliphatic heterocycles. The Bertz CT molecular complexity index is 83.3. The number of hydrogen-bond acceptors (Lipinski definition) is 2. The van der Waals surface area contributed by atoms with E-state index in [9.17, 15) is 0 Å². The van der Waals surface area contributed by atoms with E-state index >= 15 is 0 Å². The molecule has 0 spiro atoms. The molecule has 1 nitrogen and oxygen atoms in total. The van der Waals surface area contributed by atoms with Gasteiger partial charge in [0.2, 0.25) is 0 Å². The van der Waals surface area contributed by atoms with Crippen molar-refractivity contribution in [1.82, 2.24) is 5.32 Å². The minimum atomic E-state index is 0.699. The first kappa shape index (κ1) is 8.41. The zero-order valence-electron chi connectivity index (χ0n) is 6.89. The van der Waals surface area contributed by atoms with Gasteiger partial charge in [0.1, 0.15) is 0 Å². The van der Waals surface area contributed by atoms with Crippen molar-refractivity contribution >= 4 is 11.8 Å². The molecule has 60 valence electrons. The van der Waals surface area contributed by atoms with Crippen LogP contribution in [0.5, 0.6) is 0 Å². The number of hydrogen-bond donors (Lipinski definition) is 1. The van der Waals surface area contributed by atoms with Gasteiger partial charge < -0.3 is 5.32 Å². The van der Waals surface area contributed by atoms with Gasteiger partial charge in [0.15, 0.2) is 0 Å². The van der Waals surface area contributed by atoms with E-state index in [-0.39, 0.29) is 0 Å². The van der Waals surface area contributed by atoms with Crippen LogP contribution in [0.25, 0.3) is 0 Å². The first-order valence-electron chi connectivity index (χ1n) is 4.15. The highest BCUT2D eigenvalue weighted by atomic mass is 32.2. The van der Waals surface area contributed by atoms with Crippen LogP contribution in [0, 0.1) is 0 Å². The van der Waals surface area contributed by atoms with Crippen LogP contribution in [0.1, 0.15) is 26.7 Å². The predicted molar refractivity (Wildman–Crippen MR) is 48.6 cm³/mol. The summed E-state index contributed by atoms with van der Waals surface area (Å²) >= 11 is 2.10. The fourth-order valence-electron chi connectivity index (χ4n) is 1.14. The van der Waals surface area contributed by atoms with Crippen molar-refractivity contribution in [1.29, 1.82) is 0 Å². The normalized spacial score (nSPS) is 36.6. The van der Waals surface area contributed by atoms with Crippen molar-refractivity contribution < 1.29 is 0 Å². The molecule has 0 saturated carbocycles. The lowest BCUT2D eigenvalue weighted by molar-refractivity contribution is 0.522. The molecule has 1 aliphatic rings. The van der Waals surface area contributed by atoms with E-state index in [0.29, 0.717) is 6.04 Å². The second kappa shape index (κ2) is 4.24. The summed E-state index contributed by atoms with van der Waals surface area (Å²) in [7, 11) is 0. The minimum absolute atomic E-state index is 0.699. The molecule has 2 unspecified atom stereocenters. The third kappa shape index (κ3) is 2.51. The Morgan fingerprint density at radius 3 is 2.90 bits per heavy atom. The standard InChI is InChI=1S/C8H17NS/c1-7-8(2)10-6-4-3-5-9-7/h7-9H,3-6H2,1-2H3. The summed E-state index contributed by atoms with van der Waals surface area (Å²) in [5.74, 6) is 1.35. The molecular formula is C8H17NS. The molecule has 1 N–H and O–H groups in total. The van der Waals surface area contributed by atoms with E-state index in [0.717, 1.165) is 5.25 Å². The third-order valence-electron chi connectivity index (χ3n) is 2.12. The van der Waals surface area contributed by atoms with E-state index in [4.69, 9.17) is 0 Å². The maximum absolute atomic E-state index is 3.51. The maximum atomic E-state index is 3.51. The molecule has 1 heterocycles. The lowest BCUT2D eigenvalue weighted by Gasteiger charge is -2.23. The van der Waals surface area contributed by atoms with Crippen molar-refractivity contribution in [2.75, 3.05) is 12.3 Å². The van der Waals surface area contributed by atoms with Gasteiger partial charge in [-0.2, -0.15) is 11.8 Å². The molecule has 1 rings (SSSR count). The molecule has 0 bridgehead atoms. The van der Waals surface area contributed by atoms with Crippen LogP contribution in [0.15, 0.2) is 0 Å². The lowest BCUT2D eigenvalue weighted by Crippen LogP contribution is -2.36. The molecule has 10 heavy (non-hydrogen) atoms. The lowest BCUT2D eigenvalue weighted by atomic mass is 10.2. The summed E-state index contributed by atoms with van der Waals surface area (Å²) in [4.78, 5) is 0. The predicted octanol–water partition coefficient (Wildman–Crippen LogP) is 1.88. The van der Waals surface area contributed by atoms with Gasteiger partial charge in [0, 0.05) is 11.3 Å². The Morgan fingerprint density at radius 1 is 1.30 bits per heavy atom. The summed E-state index contributed by atoms with van der Waals surface area (Å²) in [6.07, 6.45) is 2.73. The molecular weight excluding hydrogens is 142 g/mol. The Morgan fingerprint density at radius 2 is 2.10 bits per heavy atom. The highest BCUT2D eigenvalue weighted by Gasteiger charge is 2.12. The van der Waals surface area contributed by atoms with Crippen molar-refractivity contribution in [2.24, 2.45) is 0 Å². The zero-order valence-corrected chi connectivity index (χ0v) is 7.71. The first-order chi connectivity index (χ1) is 4.80. The van der Waals surface area contributed by atoms with E-state index in [1.807, 2.05) is 0 Å². The smallest absolute Gasteiger partial charge is 0.0170 e. The molecule has 0 aromatic heterocycles. The average Bonchev–Trinajstić information content (AvgIpc) is 1.92. The zero-order chi connectivity index (χ0) is 7.40. The molecule has 0 aromatic rings. The van der Waals surface area contributed by atoms with Gasteiger partial charge in [-0.3, -0.25) is 0 Å². The molecule has 1 saturated heterocycles. The monoisotopic (exact) mass is 159 g/mol. The summed E-state index contributed by atoms with van der Waals surface area (Å²) in [5, 5.41) is 4.31. The number of nitrogens with one attached hydrogen (secondary N) is 1. The summed E-state index contributed by atoms with van der Waals surface area (Å²) in [5.41, 5.74) is 0. The first-order valence-corrected chi connectivity index (χ1v) is 5.20. The number of rotatable bonds is 0. The molecule has 2 heteroatoms. The Balaban J connectivity index is 2.28. The molecule has 2 atom stereocenters. The fraction of sp³-hybridized carbons (Fsp3) is 1.00. The quantitative estimate of drug-likeness (QED) is 0.579. The van der Waals surface area contributed by atoms with Crippen LogP contribution in [0.3, 0.4) is 0 Å². The van der Waals surface area contributed by atoms with Gasteiger partial charge in [0.05, 0.1) is 0 Å². The van der Waals surface area contributed by atoms with Gasteiger partial charge in [-0.1, -0.05) is 6.92 Å². The van der Waals surface area contributed by atoms with E-state index in [1.54, 1.807) is 0 Å². The summed E-state index contributed by atoms with van der Waals surface area (Å²) < 4.78 is 0. The van der Waals surface area contributed by atoms with Crippen LogP contribution in [0.4, 0.5) is 0 Å². The van der Waals surface area contributed by atoms with Crippen molar-refractivity contribution in [2.45, 2.75) is 38.0 Å². The van der Waals surface area contributed by atoms with Gasteiger partial charge in [-0.15, -0.1) is 0 Å². The van der Waals surface area contributed by atoms with Crippen molar-refractivity contribution in [3.8, 4) is 0 Å². The van der Waals surface area contributed by atoms with E-state index in [2.05, 4.69) is 30.9 Å². The third-order valence-corrected chi connectivity index (χ3v) is 3.58. The van der Waals surface area contributed by atoms with Crippen LogP contribution < -0.4 is 5.32 Å². The van der Waals surface area contributed by atoms with Gasteiger partial charge in [-0.25, -0.2) is 0 Å². The van der Waals surface area contributed by atoms with E-state index < -0.39 is 0 Å². The minimum Gasteiger partial charge on any atom is -0.313 e. The molecule has 0 aromatic carbocycles. The van der Waals surface area contributed by atoms with E-state index in [1.165, 1.54) is 25.1 Å². The Hall–Kier alpha value is 0.310. The fourth-order valence-corrected chi connectivity index (χ4v) is 2.26. The highest BCUT2D eigenvalue weighted by molar-refractivity contribution is 7.99. The molecule has 1 fully saturated rings. The highest BCUT2D eigenvalue weighted by Crippen LogP contribution is 2.17. The van der Waals surface area contributed by atoms with Gasteiger partial charge in [-0.05, 0) is 32.1 Å². The molecule has 0 amide bonds. The average molecular weight is 159 g/mol. The van der Waals surface area contributed by atoms with Crippen LogP contribution in [-0.4, -0.2) is 23.6 Å². The largest absolute Gasteiger partial charge is 0.313 e. The molecule has 0 radical (unpaired) electrons. The van der Waals surface area contributed by atoms with Crippen LogP contribution in [-0.2, 0) is 0 Å². The van der Waals surface area contributed by atoms with Gasteiger partial charge in [0.25, 0.3) is 0 Å². The van der Waals surface area contributed by atoms with Gasteiger partial charge >= 0.3 is 0 Å². The summed E-state index contributed by atoms with van der Waals surface area (Å²) in [6.45, 7) is 5.81. The SMILES string of the molecule is CC1NCCCCSC1C. The topological polar surface area (TPSA) is 12.0 Å². The second-order valence-corrected chi connectivity index (χ2v) is 4.51.